The van der Waals surface area contributed by atoms with Crippen molar-refractivity contribution in [3.05, 3.63) is 107 Å². The highest BCUT2D eigenvalue weighted by Crippen LogP contribution is 2.35. The van der Waals surface area contributed by atoms with Crippen molar-refractivity contribution in [2.45, 2.75) is 13.8 Å². The third-order valence-electron chi connectivity index (χ3n) is 6.15. The SMILES string of the molecule is CN=Cc1c(/C=C(\C)c2cc3ccccc3cc2C)c2ccccc2c2ccccc12. The van der Waals surface area contributed by atoms with Crippen LogP contribution in [0.5, 0.6) is 0 Å². The monoisotopic (exact) mass is 399 g/mol. The van der Waals surface area contributed by atoms with Crippen LogP contribution in [0.1, 0.15) is 29.2 Å². The Morgan fingerprint density at radius 3 is 1.81 bits per heavy atom. The third-order valence-corrected chi connectivity index (χ3v) is 6.15. The van der Waals surface area contributed by atoms with Crippen molar-refractivity contribution in [2.24, 2.45) is 4.99 Å². The van der Waals surface area contributed by atoms with Crippen molar-refractivity contribution in [1.29, 1.82) is 0 Å². The summed E-state index contributed by atoms with van der Waals surface area (Å²) in [5, 5.41) is 7.60. The molecule has 5 aromatic carbocycles. The fraction of sp³-hybridized carbons (Fsp3) is 0.100. The van der Waals surface area contributed by atoms with Crippen molar-refractivity contribution in [2.75, 3.05) is 7.05 Å². The number of hydrogen-bond donors (Lipinski definition) is 0. The standard InChI is InChI=1S/C30H25N/c1-20-16-22-10-4-5-11-23(22)18-28(20)21(2)17-29-26-14-8-6-12-24(26)25-13-7-9-15-27(25)30(29)19-31-3/h4-19H,1-3H3/b21-17+,31-19?. The van der Waals surface area contributed by atoms with Crippen LogP contribution >= 0.6 is 0 Å². The van der Waals surface area contributed by atoms with Gasteiger partial charge in [-0.05, 0) is 74.5 Å². The number of rotatable bonds is 3. The van der Waals surface area contributed by atoms with Gasteiger partial charge in [-0.15, -0.1) is 0 Å². The molecule has 0 atom stereocenters. The Kier molecular flexibility index (Phi) is 4.88. The number of nitrogens with zero attached hydrogens (tertiary/aromatic N) is 1. The van der Waals surface area contributed by atoms with Crippen LogP contribution in [0, 0.1) is 6.92 Å². The largest absolute Gasteiger partial charge is 0.296 e. The van der Waals surface area contributed by atoms with Crippen LogP contribution in [-0.4, -0.2) is 13.3 Å². The van der Waals surface area contributed by atoms with E-state index in [0.717, 1.165) is 0 Å². The van der Waals surface area contributed by atoms with Gasteiger partial charge >= 0.3 is 0 Å². The molecule has 5 rings (SSSR count). The van der Waals surface area contributed by atoms with Crippen LogP contribution in [0.3, 0.4) is 0 Å². The molecule has 1 heteroatoms. The van der Waals surface area contributed by atoms with E-state index in [0.29, 0.717) is 0 Å². The molecule has 0 amide bonds. The van der Waals surface area contributed by atoms with E-state index < -0.39 is 0 Å². The lowest BCUT2D eigenvalue weighted by molar-refractivity contribution is 1.44. The third kappa shape index (κ3) is 3.33. The highest BCUT2D eigenvalue weighted by Gasteiger charge is 2.12. The summed E-state index contributed by atoms with van der Waals surface area (Å²) in [5.41, 5.74) is 6.24. The van der Waals surface area contributed by atoms with Crippen molar-refractivity contribution < 1.29 is 0 Å². The van der Waals surface area contributed by atoms with E-state index in [2.05, 4.69) is 110 Å². The van der Waals surface area contributed by atoms with E-state index in [9.17, 15) is 0 Å². The second kappa shape index (κ2) is 7.85. The molecule has 0 saturated carbocycles. The first-order valence-corrected chi connectivity index (χ1v) is 10.7. The van der Waals surface area contributed by atoms with Gasteiger partial charge in [-0.1, -0.05) is 84.9 Å². The van der Waals surface area contributed by atoms with Gasteiger partial charge in [-0.3, -0.25) is 4.99 Å². The maximum absolute atomic E-state index is 4.41. The number of fused-ring (bicyclic) bond motifs is 4. The normalized spacial score (nSPS) is 12.4. The summed E-state index contributed by atoms with van der Waals surface area (Å²) < 4.78 is 0. The summed E-state index contributed by atoms with van der Waals surface area (Å²) in [7, 11) is 1.85. The molecule has 5 aromatic rings. The molecular weight excluding hydrogens is 374 g/mol. The predicted octanol–water partition coefficient (Wildman–Crippen LogP) is 8.06. The minimum atomic E-state index is 1.18. The lowest BCUT2D eigenvalue weighted by Gasteiger charge is -2.15. The van der Waals surface area contributed by atoms with E-state index in [1.54, 1.807) is 0 Å². The predicted molar refractivity (Wildman–Crippen MR) is 137 cm³/mol. The quantitative estimate of drug-likeness (QED) is 0.165. The van der Waals surface area contributed by atoms with E-state index in [1.165, 1.54) is 60.1 Å². The molecule has 0 radical (unpaired) electrons. The summed E-state index contributed by atoms with van der Waals surface area (Å²) in [6.45, 7) is 4.42. The Morgan fingerprint density at radius 2 is 1.19 bits per heavy atom. The van der Waals surface area contributed by atoms with Gasteiger partial charge in [0.2, 0.25) is 0 Å². The molecule has 1 nitrogen and oxygen atoms in total. The molecule has 0 N–H and O–H groups in total. The van der Waals surface area contributed by atoms with Gasteiger partial charge in [0.25, 0.3) is 0 Å². The number of aryl methyl sites for hydroxylation is 1. The van der Waals surface area contributed by atoms with Crippen LogP contribution < -0.4 is 0 Å². The fourth-order valence-electron chi connectivity index (χ4n) is 4.69. The zero-order valence-electron chi connectivity index (χ0n) is 18.2. The second-order valence-electron chi connectivity index (χ2n) is 8.15. The summed E-state index contributed by atoms with van der Waals surface area (Å²) in [5.74, 6) is 0. The smallest absolute Gasteiger partial charge is 0.0293 e. The lowest BCUT2D eigenvalue weighted by atomic mass is 9.89. The zero-order chi connectivity index (χ0) is 21.4. The maximum atomic E-state index is 4.41. The van der Waals surface area contributed by atoms with Crippen LogP contribution in [0.15, 0.2) is 89.9 Å². The van der Waals surface area contributed by atoms with Crippen molar-refractivity contribution in [1.82, 2.24) is 0 Å². The summed E-state index contributed by atoms with van der Waals surface area (Å²) >= 11 is 0. The van der Waals surface area contributed by atoms with Crippen molar-refractivity contribution in [3.63, 3.8) is 0 Å². The van der Waals surface area contributed by atoms with Gasteiger partial charge in [0.1, 0.15) is 0 Å². The van der Waals surface area contributed by atoms with Crippen LogP contribution in [0.25, 0.3) is 44.0 Å². The van der Waals surface area contributed by atoms with Gasteiger partial charge < -0.3 is 0 Å². The highest BCUT2D eigenvalue weighted by molar-refractivity contribution is 6.19. The Bertz CT molecular complexity index is 1500. The maximum Gasteiger partial charge on any atom is 0.0293 e. The Morgan fingerprint density at radius 1 is 0.677 bits per heavy atom. The molecule has 0 fully saturated rings. The van der Waals surface area contributed by atoms with Gasteiger partial charge in [-0.2, -0.15) is 0 Å². The average molecular weight is 400 g/mol. The second-order valence-corrected chi connectivity index (χ2v) is 8.15. The molecule has 0 aromatic heterocycles. The van der Waals surface area contributed by atoms with E-state index in [4.69, 9.17) is 0 Å². The zero-order valence-corrected chi connectivity index (χ0v) is 18.2. The molecule has 0 bridgehead atoms. The summed E-state index contributed by atoms with van der Waals surface area (Å²) in [4.78, 5) is 4.41. The van der Waals surface area contributed by atoms with Crippen LogP contribution in [0.2, 0.25) is 0 Å². The first kappa shape index (κ1) is 19.3. The molecular formula is C30H25N. The minimum Gasteiger partial charge on any atom is -0.296 e. The molecule has 0 spiro atoms. The number of hydrogen-bond acceptors (Lipinski definition) is 1. The Labute approximate surface area is 183 Å². The lowest BCUT2D eigenvalue weighted by Crippen LogP contribution is -1.95. The van der Waals surface area contributed by atoms with Gasteiger partial charge in [0.05, 0.1) is 0 Å². The van der Waals surface area contributed by atoms with E-state index in [1.807, 2.05) is 13.3 Å². The van der Waals surface area contributed by atoms with E-state index >= 15 is 0 Å². The van der Waals surface area contributed by atoms with Gasteiger partial charge in [0.15, 0.2) is 0 Å². The topological polar surface area (TPSA) is 12.4 Å². The van der Waals surface area contributed by atoms with Crippen LogP contribution in [0.4, 0.5) is 0 Å². The number of benzene rings is 5. The van der Waals surface area contributed by atoms with Gasteiger partial charge in [0, 0.05) is 18.8 Å². The average Bonchev–Trinajstić information content (AvgIpc) is 2.80. The molecule has 0 heterocycles. The minimum absolute atomic E-state index is 1.18. The molecule has 0 aliphatic carbocycles. The molecule has 0 unspecified atom stereocenters. The summed E-state index contributed by atoms with van der Waals surface area (Å²) in [6, 6.07) is 30.5. The molecule has 0 aliphatic heterocycles. The molecule has 150 valence electrons. The first-order valence-electron chi connectivity index (χ1n) is 10.7. The van der Waals surface area contributed by atoms with E-state index in [-0.39, 0.29) is 0 Å². The Hall–Kier alpha value is -3.71. The summed E-state index contributed by atoms with van der Waals surface area (Å²) in [6.07, 6.45) is 4.34. The molecule has 0 saturated heterocycles. The fourth-order valence-corrected chi connectivity index (χ4v) is 4.69. The Balaban J connectivity index is 1.83. The van der Waals surface area contributed by atoms with Crippen molar-refractivity contribution in [3.8, 4) is 0 Å². The molecule has 31 heavy (non-hydrogen) atoms. The number of allylic oxidation sites excluding steroid dienone is 1. The highest BCUT2D eigenvalue weighted by atomic mass is 14.6. The van der Waals surface area contributed by atoms with Gasteiger partial charge in [-0.25, -0.2) is 0 Å². The van der Waals surface area contributed by atoms with Crippen molar-refractivity contribution >= 4 is 50.2 Å². The molecule has 0 aliphatic rings. The van der Waals surface area contributed by atoms with Crippen LogP contribution in [-0.2, 0) is 0 Å². The first-order chi connectivity index (χ1) is 15.2. The number of aliphatic imine (C=N–C) groups is 1.